The molecule has 1 aliphatic heterocycles. The third-order valence-electron chi connectivity index (χ3n) is 5.49. The molecule has 0 radical (unpaired) electrons. The highest BCUT2D eigenvalue weighted by atomic mass is 16.5. The van der Waals surface area contributed by atoms with Crippen molar-refractivity contribution in [3.63, 3.8) is 0 Å². The quantitative estimate of drug-likeness (QED) is 0.710. The van der Waals surface area contributed by atoms with Crippen molar-refractivity contribution in [2.75, 3.05) is 19.0 Å². The molecule has 2 aromatic carbocycles. The van der Waals surface area contributed by atoms with Crippen molar-refractivity contribution in [1.29, 1.82) is 0 Å². The molecular formula is C23H27NO3. The fourth-order valence-electron chi connectivity index (χ4n) is 4.20. The van der Waals surface area contributed by atoms with E-state index in [0.717, 1.165) is 23.4 Å². The topological polar surface area (TPSA) is 50.7 Å². The minimum absolute atomic E-state index is 0.109. The molecule has 1 heterocycles. The van der Waals surface area contributed by atoms with Crippen molar-refractivity contribution in [3.05, 3.63) is 59.7 Å². The average molecular weight is 365 g/mol. The maximum Gasteiger partial charge on any atom is 0.160 e. The number of phenols is 1. The summed E-state index contributed by atoms with van der Waals surface area (Å²) < 4.78 is 11.3. The second-order valence-electron chi connectivity index (χ2n) is 7.83. The Morgan fingerprint density at radius 2 is 2.04 bits per heavy atom. The monoisotopic (exact) mass is 365 g/mol. The third kappa shape index (κ3) is 3.25. The van der Waals surface area contributed by atoms with Gasteiger partial charge in [0.05, 0.1) is 25.4 Å². The van der Waals surface area contributed by atoms with Crippen molar-refractivity contribution in [2.45, 2.75) is 32.2 Å². The van der Waals surface area contributed by atoms with Gasteiger partial charge < -0.3 is 19.9 Å². The lowest BCUT2D eigenvalue weighted by Crippen LogP contribution is -2.29. The van der Waals surface area contributed by atoms with E-state index in [1.54, 1.807) is 7.11 Å². The van der Waals surface area contributed by atoms with Gasteiger partial charge in [-0.3, -0.25) is 0 Å². The Bertz CT molecular complexity index is 859. The van der Waals surface area contributed by atoms with Crippen molar-refractivity contribution in [2.24, 2.45) is 11.8 Å². The highest BCUT2D eigenvalue weighted by molar-refractivity contribution is 5.68. The first kappa shape index (κ1) is 17.8. The van der Waals surface area contributed by atoms with Crippen LogP contribution >= 0.6 is 0 Å². The van der Waals surface area contributed by atoms with Crippen molar-refractivity contribution >= 4 is 5.69 Å². The molecular weight excluding hydrogens is 338 g/mol. The van der Waals surface area contributed by atoms with E-state index in [1.165, 1.54) is 5.56 Å². The molecule has 0 saturated heterocycles. The van der Waals surface area contributed by atoms with Gasteiger partial charge in [0.25, 0.3) is 0 Å². The molecule has 1 aliphatic carbocycles. The van der Waals surface area contributed by atoms with E-state index in [2.05, 4.69) is 43.4 Å². The molecule has 0 amide bonds. The summed E-state index contributed by atoms with van der Waals surface area (Å²) in [5, 5.41) is 14.0. The van der Waals surface area contributed by atoms with Crippen LogP contribution in [0.15, 0.2) is 48.6 Å². The fraction of sp³-hybridized carbons (Fsp3) is 0.391. The molecule has 0 bridgehead atoms. The van der Waals surface area contributed by atoms with E-state index in [1.807, 2.05) is 24.3 Å². The van der Waals surface area contributed by atoms with Gasteiger partial charge in [0.1, 0.15) is 5.75 Å². The van der Waals surface area contributed by atoms with Gasteiger partial charge in [-0.1, -0.05) is 44.2 Å². The summed E-state index contributed by atoms with van der Waals surface area (Å²) in [6, 6.07) is 12.1. The Balaban J connectivity index is 1.72. The van der Waals surface area contributed by atoms with E-state index >= 15 is 0 Å². The minimum Gasteiger partial charge on any atom is -0.504 e. The number of rotatable bonds is 5. The first-order valence-electron chi connectivity index (χ1n) is 9.64. The standard InChI is InChI=1S/C23H27NO3/c1-14(2)13-27-21-9-5-8-18-16-6-4-7-17(16)22(24-23(18)21)15-10-11-20(26-3)19(25)12-15/h4-6,8-12,14,16-17,22,24-25H,7,13H2,1-3H3. The first-order valence-corrected chi connectivity index (χ1v) is 9.64. The van der Waals surface area contributed by atoms with Crippen LogP contribution in [0.25, 0.3) is 0 Å². The number of allylic oxidation sites excluding steroid dienone is 2. The predicted octanol–water partition coefficient (Wildman–Crippen LogP) is 5.26. The molecule has 4 heteroatoms. The molecule has 2 aliphatic rings. The van der Waals surface area contributed by atoms with Gasteiger partial charge in [-0.15, -0.1) is 0 Å². The highest BCUT2D eigenvalue weighted by Gasteiger charge is 2.39. The lowest BCUT2D eigenvalue weighted by Gasteiger charge is -2.38. The summed E-state index contributed by atoms with van der Waals surface area (Å²) in [5.41, 5.74) is 3.44. The van der Waals surface area contributed by atoms with Crippen LogP contribution < -0.4 is 14.8 Å². The van der Waals surface area contributed by atoms with Crippen molar-refractivity contribution in [1.82, 2.24) is 0 Å². The molecule has 3 unspecified atom stereocenters. The van der Waals surface area contributed by atoms with Gasteiger partial charge in [-0.25, -0.2) is 0 Å². The molecule has 142 valence electrons. The second kappa shape index (κ2) is 7.18. The van der Waals surface area contributed by atoms with E-state index < -0.39 is 0 Å². The zero-order valence-electron chi connectivity index (χ0n) is 16.1. The zero-order valence-corrected chi connectivity index (χ0v) is 16.1. The number of hydrogen-bond donors (Lipinski definition) is 2. The van der Waals surface area contributed by atoms with E-state index in [0.29, 0.717) is 30.1 Å². The van der Waals surface area contributed by atoms with Crippen LogP contribution in [0, 0.1) is 11.8 Å². The number of benzene rings is 2. The largest absolute Gasteiger partial charge is 0.504 e. The normalized spacial score (nSPS) is 22.9. The molecule has 3 atom stereocenters. The number of fused-ring (bicyclic) bond motifs is 3. The number of ether oxygens (including phenoxy) is 2. The molecule has 0 spiro atoms. The van der Waals surface area contributed by atoms with Crippen LogP contribution in [0.5, 0.6) is 17.2 Å². The summed E-state index contributed by atoms with van der Waals surface area (Å²) in [7, 11) is 1.57. The number of anilines is 1. The van der Waals surface area contributed by atoms with Crippen LogP contribution in [0.2, 0.25) is 0 Å². The molecule has 0 aromatic heterocycles. The van der Waals surface area contributed by atoms with E-state index in [9.17, 15) is 5.11 Å². The van der Waals surface area contributed by atoms with Crippen LogP contribution in [0.4, 0.5) is 5.69 Å². The van der Waals surface area contributed by atoms with Crippen LogP contribution in [0.3, 0.4) is 0 Å². The average Bonchev–Trinajstić information content (AvgIpc) is 3.15. The Hall–Kier alpha value is -2.62. The Morgan fingerprint density at radius 1 is 1.19 bits per heavy atom. The first-order chi connectivity index (χ1) is 13.1. The Morgan fingerprint density at radius 3 is 2.78 bits per heavy atom. The smallest absolute Gasteiger partial charge is 0.160 e. The number of para-hydroxylation sites is 1. The number of aromatic hydroxyl groups is 1. The Labute approximate surface area is 160 Å². The third-order valence-corrected chi connectivity index (χ3v) is 5.49. The number of phenolic OH excluding ortho intramolecular Hbond substituents is 1. The maximum atomic E-state index is 10.3. The lowest BCUT2D eigenvalue weighted by molar-refractivity contribution is 0.270. The lowest BCUT2D eigenvalue weighted by atomic mass is 9.77. The molecule has 0 saturated carbocycles. The van der Waals surface area contributed by atoms with Gasteiger partial charge in [0.15, 0.2) is 11.5 Å². The molecule has 27 heavy (non-hydrogen) atoms. The van der Waals surface area contributed by atoms with E-state index in [4.69, 9.17) is 9.47 Å². The van der Waals surface area contributed by atoms with Gasteiger partial charge in [0, 0.05) is 5.92 Å². The summed E-state index contributed by atoms with van der Waals surface area (Å²) >= 11 is 0. The molecule has 2 N–H and O–H groups in total. The van der Waals surface area contributed by atoms with Crippen LogP contribution in [0.1, 0.15) is 43.4 Å². The summed E-state index contributed by atoms with van der Waals surface area (Å²) in [6.45, 7) is 5.00. The van der Waals surface area contributed by atoms with Crippen molar-refractivity contribution in [3.8, 4) is 17.2 Å². The molecule has 4 nitrogen and oxygen atoms in total. The maximum absolute atomic E-state index is 10.3. The summed E-state index contributed by atoms with van der Waals surface area (Å²) in [4.78, 5) is 0. The van der Waals surface area contributed by atoms with Gasteiger partial charge >= 0.3 is 0 Å². The van der Waals surface area contributed by atoms with Gasteiger partial charge in [-0.05, 0) is 47.6 Å². The Kier molecular flexibility index (Phi) is 4.73. The fourth-order valence-corrected chi connectivity index (χ4v) is 4.20. The zero-order chi connectivity index (χ0) is 19.0. The van der Waals surface area contributed by atoms with Crippen molar-refractivity contribution < 1.29 is 14.6 Å². The SMILES string of the molecule is COc1ccc(C2Nc3c(OCC(C)C)cccc3C3C=CCC32)cc1O. The van der Waals surface area contributed by atoms with Gasteiger partial charge in [-0.2, -0.15) is 0 Å². The second-order valence-corrected chi connectivity index (χ2v) is 7.83. The summed E-state index contributed by atoms with van der Waals surface area (Å²) in [5.74, 6) is 2.83. The molecule has 2 aromatic rings. The van der Waals surface area contributed by atoms with Gasteiger partial charge in [0.2, 0.25) is 0 Å². The molecule has 4 rings (SSSR count). The highest BCUT2D eigenvalue weighted by Crippen LogP contribution is 2.52. The van der Waals surface area contributed by atoms with Crippen LogP contribution in [-0.2, 0) is 0 Å². The van der Waals surface area contributed by atoms with E-state index in [-0.39, 0.29) is 11.8 Å². The minimum atomic E-state index is 0.109. The van der Waals surface area contributed by atoms with Crippen LogP contribution in [-0.4, -0.2) is 18.8 Å². The summed E-state index contributed by atoms with van der Waals surface area (Å²) in [6.07, 6.45) is 5.60. The number of hydrogen-bond acceptors (Lipinski definition) is 4. The number of methoxy groups -OCH3 is 1. The number of nitrogens with one attached hydrogen (secondary N) is 1. The molecule has 0 fully saturated rings. The predicted molar refractivity (Wildman–Crippen MR) is 108 cm³/mol.